The van der Waals surface area contributed by atoms with Crippen molar-refractivity contribution in [1.29, 1.82) is 0 Å². The van der Waals surface area contributed by atoms with E-state index in [4.69, 9.17) is 11.6 Å². The van der Waals surface area contributed by atoms with Gasteiger partial charge in [-0.3, -0.25) is 9.10 Å². The Kier molecular flexibility index (Phi) is 5.84. The second kappa shape index (κ2) is 8.10. The maximum Gasteiger partial charge on any atom is 0.264 e. The zero-order valence-corrected chi connectivity index (χ0v) is 15.8. The van der Waals surface area contributed by atoms with E-state index in [1.54, 1.807) is 30.3 Å². The van der Waals surface area contributed by atoms with Gasteiger partial charge in [0.25, 0.3) is 10.0 Å². The average Bonchev–Trinajstić information content (AvgIpc) is 3.13. The number of halogens is 1. The molecule has 0 atom stereocenters. The summed E-state index contributed by atoms with van der Waals surface area (Å²) in [7, 11) is -3.89. The van der Waals surface area contributed by atoms with Crippen LogP contribution in [0.1, 0.15) is 25.7 Å². The Hall–Kier alpha value is -2.05. The Morgan fingerprint density at radius 2 is 1.65 bits per heavy atom. The molecule has 1 N–H and O–H groups in total. The molecule has 1 amide bonds. The number of carbonyl (C=O) groups is 1. The summed E-state index contributed by atoms with van der Waals surface area (Å²) in [5, 5.41) is 3.40. The number of anilines is 1. The van der Waals surface area contributed by atoms with Gasteiger partial charge in [-0.05, 0) is 49.2 Å². The number of amides is 1. The van der Waals surface area contributed by atoms with Gasteiger partial charge in [0.05, 0.1) is 10.6 Å². The minimum absolute atomic E-state index is 0.0967. The number of hydrogen-bond donors (Lipinski definition) is 1. The van der Waals surface area contributed by atoms with Gasteiger partial charge in [0, 0.05) is 11.1 Å². The van der Waals surface area contributed by atoms with Gasteiger partial charge in [0.1, 0.15) is 6.54 Å². The third-order valence-corrected chi connectivity index (χ3v) is 6.49. The molecule has 3 rings (SSSR count). The molecule has 0 heterocycles. The van der Waals surface area contributed by atoms with Crippen LogP contribution in [-0.4, -0.2) is 26.9 Å². The van der Waals surface area contributed by atoms with E-state index in [9.17, 15) is 13.2 Å². The average molecular weight is 393 g/mol. The lowest BCUT2D eigenvalue weighted by molar-refractivity contribution is -0.120. The molecule has 1 aliphatic rings. The molecule has 0 bridgehead atoms. The highest BCUT2D eigenvalue weighted by molar-refractivity contribution is 7.92. The first-order valence-corrected chi connectivity index (χ1v) is 10.4. The lowest BCUT2D eigenvalue weighted by Gasteiger charge is -2.25. The third kappa shape index (κ3) is 4.37. The van der Waals surface area contributed by atoms with Crippen LogP contribution in [0.3, 0.4) is 0 Å². The van der Waals surface area contributed by atoms with Gasteiger partial charge in [-0.15, -0.1) is 0 Å². The molecule has 0 saturated heterocycles. The first-order valence-electron chi connectivity index (χ1n) is 8.59. The first-order chi connectivity index (χ1) is 12.5. The van der Waals surface area contributed by atoms with Crippen molar-refractivity contribution in [3.8, 4) is 0 Å². The van der Waals surface area contributed by atoms with Crippen molar-refractivity contribution < 1.29 is 13.2 Å². The second-order valence-corrected chi connectivity index (χ2v) is 8.65. The molecule has 0 spiro atoms. The predicted octanol–water partition coefficient (Wildman–Crippen LogP) is 3.59. The fourth-order valence-electron chi connectivity index (χ4n) is 3.12. The number of hydrogen-bond acceptors (Lipinski definition) is 3. The van der Waals surface area contributed by atoms with Gasteiger partial charge in [0.2, 0.25) is 5.91 Å². The Bertz CT molecular complexity index is 848. The van der Waals surface area contributed by atoms with Gasteiger partial charge in [-0.25, -0.2) is 8.42 Å². The van der Waals surface area contributed by atoms with E-state index in [2.05, 4.69) is 5.32 Å². The van der Waals surface area contributed by atoms with Crippen molar-refractivity contribution in [2.45, 2.75) is 36.6 Å². The van der Waals surface area contributed by atoms with E-state index < -0.39 is 10.0 Å². The van der Waals surface area contributed by atoms with E-state index in [0.29, 0.717) is 10.7 Å². The van der Waals surface area contributed by atoms with Crippen molar-refractivity contribution in [2.75, 3.05) is 10.8 Å². The lowest BCUT2D eigenvalue weighted by Crippen LogP contribution is -2.43. The smallest absolute Gasteiger partial charge is 0.264 e. The van der Waals surface area contributed by atoms with Gasteiger partial charge in [-0.1, -0.05) is 42.6 Å². The number of carbonyl (C=O) groups excluding carboxylic acids is 1. The number of benzene rings is 2. The molecule has 2 aromatic rings. The molecule has 1 fully saturated rings. The standard InChI is InChI=1S/C19H21ClN2O3S/c20-15-10-12-18(13-11-15)26(24,25)22(17-8-2-1-3-9-17)14-19(23)21-16-6-4-5-7-16/h1-3,8-13,16H,4-7,14H2,(H,21,23). The van der Waals surface area contributed by atoms with Crippen molar-refractivity contribution in [3.05, 3.63) is 59.6 Å². The molecule has 2 aromatic carbocycles. The predicted molar refractivity (Wildman–Crippen MR) is 103 cm³/mol. The van der Waals surface area contributed by atoms with Crippen molar-refractivity contribution in [3.63, 3.8) is 0 Å². The van der Waals surface area contributed by atoms with Crippen LogP contribution in [-0.2, 0) is 14.8 Å². The topological polar surface area (TPSA) is 66.5 Å². The van der Waals surface area contributed by atoms with Crippen LogP contribution in [0.25, 0.3) is 0 Å². The molecule has 1 saturated carbocycles. The first kappa shape index (κ1) is 18.7. The summed E-state index contributed by atoms with van der Waals surface area (Å²) < 4.78 is 27.4. The molecular weight excluding hydrogens is 372 g/mol. The van der Waals surface area contributed by atoms with Crippen LogP contribution in [0.4, 0.5) is 5.69 Å². The minimum Gasteiger partial charge on any atom is -0.352 e. The summed E-state index contributed by atoms with van der Waals surface area (Å²) >= 11 is 5.87. The molecule has 26 heavy (non-hydrogen) atoms. The Morgan fingerprint density at radius 1 is 1.04 bits per heavy atom. The summed E-state index contributed by atoms with van der Waals surface area (Å²) in [5.74, 6) is -0.293. The van der Waals surface area contributed by atoms with Crippen LogP contribution in [0.2, 0.25) is 5.02 Å². The van der Waals surface area contributed by atoms with Crippen LogP contribution in [0.5, 0.6) is 0 Å². The SMILES string of the molecule is O=C(CN(c1ccccc1)S(=O)(=O)c1ccc(Cl)cc1)NC1CCCC1. The molecule has 1 aliphatic carbocycles. The summed E-state index contributed by atoms with van der Waals surface area (Å²) in [5.41, 5.74) is 0.448. The zero-order chi connectivity index (χ0) is 18.6. The van der Waals surface area contributed by atoms with Gasteiger partial charge >= 0.3 is 0 Å². The molecular formula is C19H21ClN2O3S. The highest BCUT2D eigenvalue weighted by atomic mass is 35.5. The quantitative estimate of drug-likeness (QED) is 0.816. The zero-order valence-electron chi connectivity index (χ0n) is 14.3. The van der Waals surface area contributed by atoms with Gasteiger partial charge < -0.3 is 5.32 Å². The van der Waals surface area contributed by atoms with E-state index in [-0.39, 0.29) is 23.4 Å². The second-order valence-electron chi connectivity index (χ2n) is 6.35. The number of para-hydroxylation sites is 1. The Morgan fingerprint density at radius 3 is 2.27 bits per heavy atom. The van der Waals surface area contributed by atoms with Gasteiger partial charge in [-0.2, -0.15) is 0 Å². The van der Waals surface area contributed by atoms with E-state index in [0.717, 1.165) is 30.0 Å². The summed E-state index contributed by atoms with van der Waals surface area (Å²) in [6, 6.07) is 14.7. The highest BCUT2D eigenvalue weighted by Gasteiger charge is 2.28. The monoisotopic (exact) mass is 392 g/mol. The Balaban J connectivity index is 1.88. The molecule has 0 aromatic heterocycles. The van der Waals surface area contributed by atoms with Crippen molar-refractivity contribution >= 4 is 33.2 Å². The van der Waals surface area contributed by atoms with E-state index in [1.165, 1.54) is 24.3 Å². The summed E-state index contributed by atoms with van der Waals surface area (Å²) in [6.07, 6.45) is 4.08. The molecule has 0 unspecified atom stereocenters. The maximum atomic E-state index is 13.1. The maximum absolute atomic E-state index is 13.1. The highest BCUT2D eigenvalue weighted by Crippen LogP contribution is 2.25. The van der Waals surface area contributed by atoms with Crippen LogP contribution < -0.4 is 9.62 Å². The van der Waals surface area contributed by atoms with Crippen molar-refractivity contribution in [2.24, 2.45) is 0 Å². The number of rotatable bonds is 6. The van der Waals surface area contributed by atoms with Crippen LogP contribution >= 0.6 is 11.6 Å². The summed E-state index contributed by atoms with van der Waals surface area (Å²) in [4.78, 5) is 12.6. The fourth-order valence-corrected chi connectivity index (χ4v) is 4.66. The van der Waals surface area contributed by atoms with Gasteiger partial charge in [0.15, 0.2) is 0 Å². The minimum atomic E-state index is -3.89. The molecule has 5 nitrogen and oxygen atoms in total. The molecule has 0 radical (unpaired) electrons. The summed E-state index contributed by atoms with van der Waals surface area (Å²) in [6.45, 7) is -0.258. The normalized spacial score (nSPS) is 15.0. The van der Waals surface area contributed by atoms with E-state index in [1.807, 2.05) is 0 Å². The van der Waals surface area contributed by atoms with Crippen molar-refractivity contribution in [1.82, 2.24) is 5.32 Å². The van der Waals surface area contributed by atoms with E-state index >= 15 is 0 Å². The lowest BCUT2D eigenvalue weighted by atomic mass is 10.2. The third-order valence-electron chi connectivity index (χ3n) is 4.45. The Labute approximate surface area is 159 Å². The largest absolute Gasteiger partial charge is 0.352 e. The fraction of sp³-hybridized carbons (Fsp3) is 0.316. The number of nitrogens with zero attached hydrogens (tertiary/aromatic N) is 1. The number of nitrogens with one attached hydrogen (secondary N) is 1. The molecule has 7 heteroatoms. The molecule has 138 valence electrons. The number of sulfonamides is 1. The van der Waals surface area contributed by atoms with Crippen LogP contribution in [0, 0.1) is 0 Å². The molecule has 0 aliphatic heterocycles. The van der Waals surface area contributed by atoms with Crippen LogP contribution in [0.15, 0.2) is 59.5 Å².